The van der Waals surface area contributed by atoms with Gasteiger partial charge in [0.25, 0.3) is 11.5 Å². The summed E-state index contributed by atoms with van der Waals surface area (Å²) in [6.07, 6.45) is 1.92. The Morgan fingerprint density at radius 3 is 2.68 bits per heavy atom. The molecule has 34 heavy (non-hydrogen) atoms. The number of carbonyl (C=O) groups is 2. The highest BCUT2D eigenvalue weighted by molar-refractivity contribution is 6.07. The maximum Gasteiger partial charge on any atom is 0.330 e. The number of hydrogen-bond donors (Lipinski definition) is 2. The molecule has 1 fully saturated rings. The van der Waals surface area contributed by atoms with E-state index in [4.69, 9.17) is 4.74 Å². The van der Waals surface area contributed by atoms with Crippen molar-refractivity contribution >= 4 is 23.1 Å². The molecule has 2 aromatic heterocycles. The molecular weight excluding hydrogens is 440 g/mol. The molecule has 2 N–H and O–H groups in total. The van der Waals surface area contributed by atoms with Crippen LogP contribution >= 0.6 is 0 Å². The van der Waals surface area contributed by atoms with E-state index in [0.29, 0.717) is 43.3 Å². The highest BCUT2D eigenvalue weighted by atomic mass is 16.5. The van der Waals surface area contributed by atoms with Gasteiger partial charge in [0.05, 0.1) is 13.2 Å². The molecule has 11 heteroatoms. The number of benzene rings is 1. The number of aromatic nitrogens is 4. The van der Waals surface area contributed by atoms with Crippen molar-refractivity contribution in [1.82, 2.24) is 29.3 Å². The third-order valence-corrected chi connectivity index (χ3v) is 6.57. The smallest absolute Gasteiger partial charge is 0.330 e. The fourth-order valence-electron chi connectivity index (χ4n) is 4.86. The molecule has 2 aliphatic rings. The molecule has 11 nitrogen and oxygen atoms in total. The second kappa shape index (κ2) is 8.15. The number of imide groups is 1. The number of rotatable bonds is 6. The van der Waals surface area contributed by atoms with Gasteiger partial charge in [0.2, 0.25) is 0 Å². The lowest BCUT2D eigenvalue weighted by Gasteiger charge is -2.33. The number of nitrogens with zero attached hydrogens (tertiary/aromatic N) is 4. The van der Waals surface area contributed by atoms with E-state index < -0.39 is 22.8 Å². The Labute approximate surface area is 194 Å². The number of amides is 3. The monoisotopic (exact) mass is 466 g/mol. The number of aryl methyl sites for hydroxylation is 2. The number of urea groups is 1. The predicted octanol–water partition coefficient (Wildman–Crippen LogP) is 1.44. The van der Waals surface area contributed by atoms with Crippen LogP contribution in [0.15, 0.2) is 33.9 Å². The molecular formula is C23H26N6O5. The molecule has 0 radical (unpaired) electrons. The second-order valence-electron chi connectivity index (χ2n) is 8.53. The van der Waals surface area contributed by atoms with Crippen LogP contribution in [0.5, 0.6) is 5.75 Å². The lowest BCUT2D eigenvalue weighted by atomic mass is 9.84. The predicted molar refractivity (Wildman–Crippen MR) is 123 cm³/mol. The van der Waals surface area contributed by atoms with Crippen molar-refractivity contribution in [1.29, 1.82) is 0 Å². The number of aromatic amines is 1. The van der Waals surface area contributed by atoms with Crippen LogP contribution in [0.2, 0.25) is 0 Å². The van der Waals surface area contributed by atoms with Crippen LogP contribution in [0.4, 0.5) is 4.79 Å². The van der Waals surface area contributed by atoms with Gasteiger partial charge >= 0.3 is 11.7 Å². The van der Waals surface area contributed by atoms with Crippen LogP contribution in [0.25, 0.3) is 11.2 Å². The van der Waals surface area contributed by atoms with Crippen molar-refractivity contribution in [3.8, 4) is 5.75 Å². The van der Waals surface area contributed by atoms with Gasteiger partial charge in [0.1, 0.15) is 11.6 Å². The molecule has 3 aromatic rings. The quantitative estimate of drug-likeness (QED) is 0.529. The van der Waals surface area contributed by atoms with Crippen LogP contribution in [0.3, 0.4) is 0 Å². The van der Waals surface area contributed by atoms with Gasteiger partial charge in [-0.3, -0.25) is 24.0 Å². The van der Waals surface area contributed by atoms with E-state index in [2.05, 4.69) is 15.3 Å². The number of para-hydroxylation sites is 1. The van der Waals surface area contributed by atoms with Crippen LogP contribution in [-0.2, 0) is 30.0 Å². The minimum Gasteiger partial charge on any atom is -0.493 e. The minimum absolute atomic E-state index is 0.126. The van der Waals surface area contributed by atoms with Crippen LogP contribution < -0.4 is 21.3 Å². The maximum atomic E-state index is 13.6. The van der Waals surface area contributed by atoms with E-state index in [1.807, 2.05) is 19.9 Å². The number of H-pyrrole nitrogens is 1. The molecule has 0 bridgehead atoms. The third-order valence-electron chi connectivity index (χ3n) is 6.57. The molecule has 4 heterocycles. The zero-order valence-corrected chi connectivity index (χ0v) is 19.1. The Hall–Kier alpha value is -3.89. The van der Waals surface area contributed by atoms with Gasteiger partial charge in [0.15, 0.2) is 16.7 Å². The molecule has 5 rings (SSSR count). The number of unbranched alkanes of at least 4 members (excludes halogenated alkanes) is 1. The Kier molecular flexibility index (Phi) is 5.26. The first kappa shape index (κ1) is 21.9. The molecule has 1 spiro atoms. The first-order valence-corrected chi connectivity index (χ1v) is 11.5. The third kappa shape index (κ3) is 3.14. The van der Waals surface area contributed by atoms with E-state index in [1.165, 1.54) is 4.57 Å². The highest BCUT2D eigenvalue weighted by Gasteiger charge is 2.55. The summed E-state index contributed by atoms with van der Waals surface area (Å²) in [6.45, 7) is 4.81. The van der Waals surface area contributed by atoms with Crippen molar-refractivity contribution in [2.24, 2.45) is 0 Å². The fraction of sp³-hybridized carbons (Fsp3) is 0.435. The van der Waals surface area contributed by atoms with Gasteiger partial charge in [-0.1, -0.05) is 31.5 Å². The number of carbonyl (C=O) groups excluding carboxylic acids is 2. The van der Waals surface area contributed by atoms with Gasteiger partial charge in [0, 0.05) is 25.1 Å². The molecule has 2 aliphatic heterocycles. The number of nitrogens with one attached hydrogen (secondary N) is 2. The number of imidazole rings is 1. The highest BCUT2D eigenvalue weighted by Crippen LogP contribution is 2.41. The van der Waals surface area contributed by atoms with E-state index in [9.17, 15) is 19.2 Å². The van der Waals surface area contributed by atoms with Crippen molar-refractivity contribution in [3.63, 3.8) is 0 Å². The zero-order valence-electron chi connectivity index (χ0n) is 19.1. The summed E-state index contributed by atoms with van der Waals surface area (Å²) in [5.41, 5.74) is -1.12. The summed E-state index contributed by atoms with van der Waals surface area (Å²) in [5.74, 6) is 0.538. The van der Waals surface area contributed by atoms with Crippen molar-refractivity contribution in [3.05, 3.63) is 56.5 Å². The molecule has 0 aliphatic carbocycles. The van der Waals surface area contributed by atoms with Crippen molar-refractivity contribution in [2.75, 3.05) is 6.61 Å². The van der Waals surface area contributed by atoms with Crippen molar-refractivity contribution in [2.45, 2.75) is 58.3 Å². The number of fused-ring (bicyclic) bond motifs is 3. The topological polar surface area (TPSA) is 131 Å². The Bertz CT molecular complexity index is 1420. The maximum absolute atomic E-state index is 13.6. The van der Waals surface area contributed by atoms with Gasteiger partial charge in [-0.15, -0.1) is 0 Å². The molecule has 1 atom stereocenters. The lowest BCUT2D eigenvalue weighted by molar-refractivity contribution is -0.133. The minimum atomic E-state index is -1.20. The SMILES string of the molecule is CCCCn1c(=O)[nH]c(=O)c2c1nc(CN1C(=O)N[C@@]3(CCOc4ccccc43)C1=O)n2CC. The summed E-state index contributed by atoms with van der Waals surface area (Å²) in [6, 6.07) is 6.64. The van der Waals surface area contributed by atoms with E-state index in [0.717, 1.165) is 17.7 Å². The normalized spacial score (nSPS) is 19.5. The summed E-state index contributed by atoms with van der Waals surface area (Å²) in [5, 5.41) is 2.87. The average molecular weight is 466 g/mol. The van der Waals surface area contributed by atoms with Gasteiger partial charge in [-0.05, 0) is 19.4 Å². The van der Waals surface area contributed by atoms with E-state index >= 15 is 0 Å². The Balaban J connectivity index is 1.57. The molecule has 0 saturated carbocycles. The number of ether oxygens (including phenoxy) is 1. The lowest BCUT2D eigenvalue weighted by Crippen LogP contribution is -2.47. The molecule has 0 unspecified atom stereocenters. The van der Waals surface area contributed by atoms with Gasteiger partial charge in [-0.2, -0.15) is 0 Å². The summed E-state index contributed by atoms with van der Waals surface area (Å²) in [4.78, 5) is 59.8. The standard InChI is InChI=1S/C23H26N6O5/c1-3-5-11-28-18-17(19(30)25-21(28)32)27(4-2)16(24-18)13-29-20(31)23(26-22(29)33)10-12-34-15-9-7-6-8-14(15)23/h6-9H,3-5,10-13H2,1-2H3,(H,26,33)(H,25,30,32)/t23-/m1/s1. The number of hydrogen-bond acceptors (Lipinski definition) is 6. The van der Waals surface area contributed by atoms with Gasteiger partial charge in [-0.25, -0.2) is 14.6 Å². The van der Waals surface area contributed by atoms with Gasteiger partial charge < -0.3 is 14.6 Å². The van der Waals surface area contributed by atoms with E-state index in [1.54, 1.807) is 22.8 Å². The largest absolute Gasteiger partial charge is 0.493 e. The average Bonchev–Trinajstić information content (AvgIpc) is 3.30. The molecule has 1 saturated heterocycles. The molecule has 3 amide bonds. The fourth-order valence-corrected chi connectivity index (χ4v) is 4.86. The second-order valence-corrected chi connectivity index (χ2v) is 8.53. The summed E-state index contributed by atoms with van der Waals surface area (Å²) >= 11 is 0. The van der Waals surface area contributed by atoms with Crippen LogP contribution in [-0.4, -0.2) is 42.5 Å². The molecule has 1 aromatic carbocycles. The zero-order chi connectivity index (χ0) is 24.0. The van der Waals surface area contributed by atoms with Crippen LogP contribution in [0, 0.1) is 0 Å². The Morgan fingerprint density at radius 2 is 1.91 bits per heavy atom. The first-order chi connectivity index (χ1) is 16.4. The summed E-state index contributed by atoms with van der Waals surface area (Å²) < 4.78 is 8.78. The Morgan fingerprint density at radius 1 is 1.12 bits per heavy atom. The van der Waals surface area contributed by atoms with Crippen molar-refractivity contribution < 1.29 is 14.3 Å². The first-order valence-electron chi connectivity index (χ1n) is 11.5. The summed E-state index contributed by atoms with van der Waals surface area (Å²) in [7, 11) is 0. The van der Waals surface area contributed by atoms with Crippen LogP contribution in [0.1, 0.15) is 44.5 Å². The molecule has 178 valence electrons. The van der Waals surface area contributed by atoms with E-state index in [-0.39, 0.29) is 23.6 Å².